The van der Waals surface area contributed by atoms with Gasteiger partial charge in [0.05, 0.1) is 0 Å². The molecule has 0 unspecified atom stereocenters. The van der Waals surface area contributed by atoms with E-state index in [1.54, 1.807) is 13.2 Å². The third-order valence-corrected chi connectivity index (χ3v) is 4.10. The highest BCUT2D eigenvalue weighted by Crippen LogP contribution is 2.10. The third-order valence-electron chi connectivity index (χ3n) is 3.88. The lowest BCUT2D eigenvalue weighted by atomic mass is 10.2. The van der Waals surface area contributed by atoms with Crippen LogP contribution in [0, 0.1) is 0 Å². The van der Waals surface area contributed by atoms with Crippen LogP contribution in [-0.4, -0.2) is 44.7 Å². The summed E-state index contributed by atoms with van der Waals surface area (Å²) in [6, 6.07) is 14.2. The Bertz CT molecular complexity index is 643. The van der Waals surface area contributed by atoms with E-state index in [1.165, 1.54) is 5.69 Å². The molecular weight excluding hydrogens is 334 g/mol. The number of para-hydroxylation sites is 1. The summed E-state index contributed by atoms with van der Waals surface area (Å²) in [7, 11) is 3.90. The molecule has 0 aliphatic rings. The van der Waals surface area contributed by atoms with Crippen molar-refractivity contribution in [2.75, 3.05) is 38.6 Å². The van der Waals surface area contributed by atoms with Crippen LogP contribution in [0.5, 0.6) is 0 Å². The van der Waals surface area contributed by atoms with Crippen LogP contribution in [0.4, 0.5) is 5.69 Å². The Hall–Kier alpha value is -2.27. The number of nitrogens with zero attached hydrogens (tertiary/aromatic N) is 3. The van der Waals surface area contributed by atoms with E-state index in [4.69, 9.17) is 11.6 Å². The fraction of sp³-hybridized carbons (Fsp3) is 0.368. The second-order valence-electron chi connectivity index (χ2n) is 5.78. The number of aliphatic imine (C=N–C) groups is 1. The van der Waals surface area contributed by atoms with Crippen molar-refractivity contribution in [1.29, 1.82) is 0 Å². The third kappa shape index (κ3) is 7.01. The summed E-state index contributed by atoms with van der Waals surface area (Å²) in [6.45, 7) is 2.66. The fourth-order valence-corrected chi connectivity index (χ4v) is 2.55. The molecule has 1 aromatic carbocycles. The molecule has 0 aliphatic carbocycles. The molecule has 2 rings (SSSR count). The smallest absolute Gasteiger partial charge is 0.190 e. The summed E-state index contributed by atoms with van der Waals surface area (Å²) in [6.07, 6.45) is 3.72. The zero-order chi connectivity index (χ0) is 17.9. The van der Waals surface area contributed by atoms with Gasteiger partial charge in [0, 0.05) is 45.6 Å². The predicted octanol–water partition coefficient (Wildman–Crippen LogP) is 2.97. The molecule has 0 radical (unpaired) electrons. The maximum atomic E-state index is 5.79. The summed E-state index contributed by atoms with van der Waals surface area (Å²) in [4.78, 5) is 10.6. The van der Waals surface area contributed by atoms with Gasteiger partial charge in [-0.2, -0.15) is 0 Å². The van der Waals surface area contributed by atoms with E-state index in [0.29, 0.717) is 5.15 Å². The first-order chi connectivity index (χ1) is 12.2. The number of pyridine rings is 1. The standard InChI is InChI=1S/C19H26ClN5/c1-21-19(23-13-11-16-9-10-18(20)24-15-16)22-12-6-14-25(2)17-7-4-3-5-8-17/h3-5,7-10,15H,6,11-14H2,1-2H3,(H2,21,22,23). The molecular formula is C19H26ClN5. The second-order valence-corrected chi connectivity index (χ2v) is 6.16. The Balaban J connectivity index is 1.62. The van der Waals surface area contributed by atoms with Crippen molar-refractivity contribution in [3.8, 4) is 0 Å². The molecule has 0 saturated carbocycles. The Morgan fingerprint density at radius 1 is 1.12 bits per heavy atom. The van der Waals surface area contributed by atoms with Crippen molar-refractivity contribution >= 4 is 23.2 Å². The molecule has 0 fully saturated rings. The molecule has 1 heterocycles. The van der Waals surface area contributed by atoms with Crippen LogP contribution in [0.25, 0.3) is 0 Å². The van der Waals surface area contributed by atoms with Gasteiger partial charge in [-0.3, -0.25) is 4.99 Å². The quantitative estimate of drug-likeness (QED) is 0.329. The van der Waals surface area contributed by atoms with Gasteiger partial charge in [0.1, 0.15) is 5.15 Å². The lowest BCUT2D eigenvalue weighted by Gasteiger charge is -2.19. The lowest BCUT2D eigenvalue weighted by Crippen LogP contribution is -2.39. The zero-order valence-corrected chi connectivity index (χ0v) is 15.6. The van der Waals surface area contributed by atoms with Gasteiger partial charge in [-0.25, -0.2) is 4.98 Å². The van der Waals surface area contributed by atoms with Gasteiger partial charge >= 0.3 is 0 Å². The molecule has 0 bridgehead atoms. The van der Waals surface area contributed by atoms with Crippen LogP contribution in [0.1, 0.15) is 12.0 Å². The maximum absolute atomic E-state index is 5.79. The number of hydrogen-bond donors (Lipinski definition) is 2. The SMILES string of the molecule is CN=C(NCCCN(C)c1ccccc1)NCCc1ccc(Cl)nc1. The van der Waals surface area contributed by atoms with Crippen molar-refractivity contribution in [1.82, 2.24) is 15.6 Å². The van der Waals surface area contributed by atoms with Crippen molar-refractivity contribution in [2.45, 2.75) is 12.8 Å². The molecule has 2 aromatic rings. The average Bonchev–Trinajstić information content (AvgIpc) is 2.65. The monoisotopic (exact) mass is 359 g/mol. The predicted molar refractivity (Wildman–Crippen MR) is 107 cm³/mol. The van der Waals surface area contributed by atoms with Crippen LogP contribution in [-0.2, 0) is 6.42 Å². The molecule has 5 nitrogen and oxygen atoms in total. The number of rotatable bonds is 8. The topological polar surface area (TPSA) is 52.6 Å². The minimum Gasteiger partial charge on any atom is -0.375 e. The lowest BCUT2D eigenvalue weighted by molar-refractivity contribution is 0.727. The molecule has 6 heteroatoms. The van der Waals surface area contributed by atoms with Gasteiger partial charge in [0.25, 0.3) is 0 Å². The Kier molecular flexibility index (Phi) is 8.05. The van der Waals surface area contributed by atoms with Crippen LogP contribution in [0.15, 0.2) is 53.7 Å². The van der Waals surface area contributed by atoms with E-state index in [0.717, 1.165) is 44.0 Å². The molecule has 0 amide bonds. The van der Waals surface area contributed by atoms with Gasteiger partial charge in [-0.05, 0) is 36.6 Å². The number of guanidine groups is 1. The Morgan fingerprint density at radius 2 is 1.88 bits per heavy atom. The first-order valence-corrected chi connectivity index (χ1v) is 8.88. The highest BCUT2D eigenvalue weighted by atomic mass is 35.5. The minimum atomic E-state index is 0.523. The van der Waals surface area contributed by atoms with Crippen LogP contribution < -0.4 is 15.5 Å². The van der Waals surface area contributed by atoms with E-state index in [1.807, 2.05) is 18.2 Å². The highest BCUT2D eigenvalue weighted by molar-refractivity contribution is 6.29. The largest absolute Gasteiger partial charge is 0.375 e. The summed E-state index contributed by atoms with van der Waals surface area (Å²) < 4.78 is 0. The van der Waals surface area contributed by atoms with E-state index in [9.17, 15) is 0 Å². The first kappa shape index (κ1) is 19.1. The molecule has 0 atom stereocenters. The molecule has 25 heavy (non-hydrogen) atoms. The number of hydrogen-bond acceptors (Lipinski definition) is 3. The van der Waals surface area contributed by atoms with Gasteiger partial charge in [-0.15, -0.1) is 0 Å². The second kappa shape index (κ2) is 10.6. The number of benzene rings is 1. The van der Waals surface area contributed by atoms with E-state index >= 15 is 0 Å². The van der Waals surface area contributed by atoms with E-state index < -0.39 is 0 Å². The number of halogens is 1. The van der Waals surface area contributed by atoms with Crippen LogP contribution in [0.3, 0.4) is 0 Å². The highest BCUT2D eigenvalue weighted by Gasteiger charge is 2.01. The molecule has 0 saturated heterocycles. The summed E-state index contributed by atoms with van der Waals surface area (Å²) in [5.74, 6) is 0.823. The number of aromatic nitrogens is 1. The minimum absolute atomic E-state index is 0.523. The van der Waals surface area contributed by atoms with Crippen molar-refractivity contribution < 1.29 is 0 Å². The van der Waals surface area contributed by atoms with Crippen LogP contribution >= 0.6 is 11.6 Å². The normalized spacial score (nSPS) is 11.2. The zero-order valence-electron chi connectivity index (χ0n) is 14.9. The van der Waals surface area contributed by atoms with Gasteiger partial charge in [-0.1, -0.05) is 35.9 Å². The van der Waals surface area contributed by atoms with Gasteiger partial charge in [0.15, 0.2) is 5.96 Å². The van der Waals surface area contributed by atoms with Crippen molar-refractivity contribution in [2.24, 2.45) is 4.99 Å². The van der Waals surface area contributed by atoms with Crippen molar-refractivity contribution in [3.63, 3.8) is 0 Å². The van der Waals surface area contributed by atoms with E-state index in [2.05, 4.69) is 56.8 Å². The molecule has 0 aliphatic heterocycles. The van der Waals surface area contributed by atoms with Gasteiger partial charge in [0.2, 0.25) is 0 Å². The average molecular weight is 360 g/mol. The van der Waals surface area contributed by atoms with Crippen molar-refractivity contribution in [3.05, 3.63) is 59.4 Å². The molecule has 1 aromatic heterocycles. The Labute approximate surface area is 155 Å². The molecule has 0 spiro atoms. The Morgan fingerprint density at radius 3 is 2.56 bits per heavy atom. The maximum Gasteiger partial charge on any atom is 0.190 e. The summed E-state index contributed by atoms with van der Waals surface area (Å²) >= 11 is 5.79. The van der Waals surface area contributed by atoms with E-state index in [-0.39, 0.29) is 0 Å². The summed E-state index contributed by atoms with van der Waals surface area (Å²) in [5, 5.41) is 7.19. The van der Waals surface area contributed by atoms with Crippen LogP contribution in [0.2, 0.25) is 5.15 Å². The first-order valence-electron chi connectivity index (χ1n) is 8.50. The summed E-state index contributed by atoms with van der Waals surface area (Å²) in [5.41, 5.74) is 2.39. The molecule has 134 valence electrons. The van der Waals surface area contributed by atoms with Gasteiger partial charge < -0.3 is 15.5 Å². The number of anilines is 1. The number of nitrogens with one attached hydrogen (secondary N) is 2. The fourth-order valence-electron chi connectivity index (χ4n) is 2.43. The molecule has 2 N–H and O–H groups in total.